The molecular formula is C17H20F2N2O12P2. The third-order valence-corrected chi connectivity index (χ3v) is 7.02. The molecule has 3 rings (SSSR count). The van der Waals surface area contributed by atoms with Crippen LogP contribution in [0.3, 0.4) is 0 Å². The summed E-state index contributed by atoms with van der Waals surface area (Å²) >= 11 is 0. The maximum absolute atomic E-state index is 14.7. The maximum Gasteiger partial charge on any atom is 0.481 e. The number of aromatic nitrogens is 2. The molecule has 1 aromatic carbocycles. The molecule has 194 valence electrons. The van der Waals surface area contributed by atoms with Crippen molar-refractivity contribution in [1.29, 1.82) is 0 Å². The third-order valence-electron chi connectivity index (χ3n) is 4.87. The van der Waals surface area contributed by atoms with E-state index in [1.807, 2.05) is 0 Å². The molecule has 18 heteroatoms. The van der Waals surface area contributed by atoms with Crippen LogP contribution in [0.1, 0.15) is 11.8 Å². The standard InChI is InChI=1S/C17H20F2N2O12P2/c18-17(19,10-4-2-1-3-5-10)9-21-12(22)6-7-20(16(21)25)15-14(24)13(23)11(32-15)8-31-35(29,30)33-34(26,27)28/h1-7,11,13-15,23-24H,8-9H2,(H,29,30)(H2,26,27,28)/t11?,13-,14?,15?/m0/s1. The molecule has 1 fully saturated rings. The normalized spacial score (nSPS) is 24.9. The first kappa shape index (κ1) is 27.5. The largest absolute Gasteiger partial charge is 0.481 e. The van der Waals surface area contributed by atoms with E-state index in [1.165, 1.54) is 18.2 Å². The minimum Gasteiger partial charge on any atom is -0.387 e. The van der Waals surface area contributed by atoms with E-state index in [0.29, 0.717) is 4.57 Å². The zero-order valence-electron chi connectivity index (χ0n) is 17.4. The average Bonchev–Trinajstić information content (AvgIpc) is 3.03. The fraction of sp³-hybridized carbons (Fsp3) is 0.412. The summed E-state index contributed by atoms with van der Waals surface area (Å²) in [5, 5.41) is 20.4. The summed E-state index contributed by atoms with van der Waals surface area (Å²) in [6.07, 6.45) is -6.31. The van der Waals surface area contributed by atoms with Crippen LogP contribution in [0, 0.1) is 0 Å². The molecule has 35 heavy (non-hydrogen) atoms. The number of ether oxygens (including phenoxy) is 1. The van der Waals surface area contributed by atoms with Gasteiger partial charge in [0.2, 0.25) is 0 Å². The molecule has 5 N–H and O–H groups in total. The first-order valence-electron chi connectivity index (χ1n) is 9.62. The summed E-state index contributed by atoms with van der Waals surface area (Å²) in [5.41, 5.74) is -2.85. The van der Waals surface area contributed by atoms with Crippen LogP contribution in [0.25, 0.3) is 0 Å². The van der Waals surface area contributed by atoms with Crippen LogP contribution < -0.4 is 11.2 Å². The van der Waals surface area contributed by atoms with Crippen molar-refractivity contribution in [2.75, 3.05) is 6.61 Å². The number of aliphatic hydroxyl groups excluding tert-OH is 2. The van der Waals surface area contributed by atoms with Gasteiger partial charge in [0.25, 0.3) is 11.5 Å². The summed E-state index contributed by atoms with van der Waals surface area (Å²) in [6, 6.07) is 7.15. The molecule has 1 aliphatic heterocycles. The fourth-order valence-corrected chi connectivity index (χ4v) is 4.86. The van der Waals surface area contributed by atoms with Crippen molar-refractivity contribution in [1.82, 2.24) is 9.13 Å². The second-order valence-corrected chi connectivity index (χ2v) is 10.2. The first-order chi connectivity index (χ1) is 16.1. The van der Waals surface area contributed by atoms with Gasteiger partial charge in [-0.25, -0.2) is 13.9 Å². The van der Waals surface area contributed by atoms with Crippen LogP contribution in [-0.2, 0) is 35.2 Å². The summed E-state index contributed by atoms with van der Waals surface area (Å²) < 4.78 is 65.5. The second-order valence-electron chi connectivity index (χ2n) is 7.38. The fourth-order valence-electron chi connectivity index (χ4n) is 3.26. The second kappa shape index (κ2) is 10.1. The molecule has 0 bridgehead atoms. The SMILES string of the molecule is O=c1ccn(C2OC(COP(=O)(O)OP(=O)(O)O)[C@H](O)C2O)c(=O)n1CC(F)(F)c1ccccc1. The van der Waals surface area contributed by atoms with Crippen LogP contribution in [0.15, 0.2) is 52.2 Å². The minimum atomic E-state index is -5.42. The van der Waals surface area contributed by atoms with Gasteiger partial charge in [-0.05, 0) is 0 Å². The highest BCUT2D eigenvalue weighted by Gasteiger charge is 2.46. The van der Waals surface area contributed by atoms with Gasteiger partial charge in [-0.2, -0.15) is 13.1 Å². The lowest BCUT2D eigenvalue weighted by molar-refractivity contribution is -0.0569. The zero-order valence-corrected chi connectivity index (χ0v) is 19.2. The van der Waals surface area contributed by atoms with Crippen LogP contribution in [0.4, 0.5) is 8.78 Å². The lowest BCUT2D eigenvalue weighted by atomic mass is 10.1. The van der Waals surface area contributed by atoms with E-state index in [-0.39, 0.29) is 4.57 Å². The van der Waals surface area contributed by atoms with Crippen molar-refractivity contribution >= 4 is 15.6 Å². The molecule has 1 aliphatic rings. The zero-order chi connectivity index (χ0) is 26.2. The Bertz CT molecular complexity index is 1260. The van der Waals surface area contributed by atoms with Gasteiger partial charge in [0, 0.05) is 17.8 Å². The predicted molar refractivity (Wildman–Crippen MR) is 110 cm³/mol. The molecule has 1 saturated heterocycles. The Labute approximate surface area is 194 Å². The molecule has 4 unspecified atom stereocenters. The number of benzene rings is 1. The Morgan fingerprint density at radius 1 is 1.03 bits per heavy atom. The highest BCUT2D eigenvalue weighted by molar-refractivity contribution is 7.60. The van der Waals surface area contributed by atoms with Crippen molar-refractivity contribution in [3.63, 3.8) is 0 Å². The van der Waals surface area contributed by atoms with Crippen molar-refractivity contribution in [3.05, 3.63) is 69.0 Å². The molecule has 0 radical (unpaired) electrons. The van der Waals surface area contributed by atoms with Crippen LogP contribution in [0.5, 0.6) is 0 Å². The van der Waals surface area contributed by atoms with Gasteiger partial charge in [0.1, 0.15) is 18.3 Å². The van der Waals surface area contributed by atoms with Crippen LogP contribution in [0.2, 0.25) is 0 Å². The maximum atomic E-state index is 14.7. The Hall–Kier alpha value is -2.10. The highest BCUT2D eigenvalue weighted by Crippen LogP contribution is 2.57. The van der Waals surface area contributed by atoms with Gasteiger partial charge in [0.15, 0.2) is 6.23 Å². The number of halogens is 2. The van der Waals surface area contributed by atoms with Gasteiger partial charge < -0.3 is 29.6 Å². The highest BCUT2D eigenvalue weighted by atomic mass is 31.3. The minimum absolute atomic E-state index is 0.203. The van der Waals surface area contributed by atoms with Gasteiger partial charge in [-0.15, -0.1) is 0 Å². The smallest absolute Gasteiger partial charge is 0.387 e. The summed E-state index contributed by atoms with van der Waals surface area (Å²) in [7, 11) is -10.7. The molecule has 14 nitrogen and oxygen atoms in total. The van der Waals surface area contributed by atoms with Crippen LogP contribution in [-0.4, -0.2) is 58.9 Å². The topological polar surface area (TPSA) is 207 Å². The average molecular weight is 544 g/mol. The number of hydrogen-bond donors (Lipinski definition) is 5. The van der Waals surface area contributed by atoms with Crippen molar-refractivity contribution < 1.29 is 56.4 Å². The summed E-state index contributed by atoms with van der Waals surface area (Å²) in [4.78, 5) is 51.5. The molecule has 0 saturated carbocycles. The number of phosphoric ester groups is 1. The van der Waals surface area contributed by atoms with E-state index in [9.17, 15) is 42.6 Å². The van der Waals surface area contributed by atoms with Crippen LogP contribution >= 0.6 is 15.6 Å². The molecule has 0 aliphatic carbocycles. The molecule has 0 spiro atoms. The molecule has 5 atom stereocenters. The number of nitrogens with zero attached hydrogens (tertiary/aromatic N) is 2. The Balaban J connectivity index is 1.82. The molecular weight excluding hydrogens is 524 g/mol. The Kier molecular flexibility index (Phi) is 7.94. The van der Waals surface area contributed by atoms with Gasteiger partial charge in [-0.3, -0.25) is 18.5 Å². The monoisotopic (exact) mass is 544 g/mol. The summed E-state index contributed by atoms with van der Waals surface area (Å²) in [6.45, 7) is -2.39. The number of alkyl halides is 2. The van der Waals surface area contributed by atoms with E-state index in [1.54, 1.807) is 0 Å². The molecule has 2 aromatic rings. The Morgan fingerprint density at radius 3 is 2.26 bits per heavy atom. The lowest BCUT2D eigenvalue weighted by Crippen LogP contribution is -2.45. The van der Waals surface area contributed by atoms with Gasteiger partial charge in [-0.1, -0.05) is 30.3 Å². The van der Waals surface area contributed by atoms with E-state index in [2.05, 4.69) is 8.83 Å². The summed E-state index contributed by atoms with van der Waals surface area (Å²) in [5.74, 6) is -3.63. The van der Waals surface area contributed by atoms with E-state index in [4.69, 9.17) is 14.5 Å². The number of aliphatic hydroxyl groups is 2. The van der Waals surface area contributed by atoms with Gasteiger partial charge >= 0.3 is 21.3 Å². The third kappa shape index (κ3) is 6.57. The van der Waals surface area contributed by atoms with Gasteiger partial charge in [0.05, 0.1) is 13.2 Å². The molecule has 1 aromatic heterocycles. The number of rotatable bonds is 9. The predicted octanol–water partition coefficient (Wildman–Crippen LogP) is -0.353. The lowest BCUT2D eigenvalue weighted by Gasteiger charge is -2.21. The molecule has 0 amide bonds. The molecule has 2 heterocycles. The van der Waals surface area contributed by atoms with Crippen molar-refractivity contribution in [2.45, 2.75) is 37.0 Å². The first-order valence-corrected chi connectivity index (χ1v) is 12.6. The Morgan fingerprint density at radius 2 is 1.66 bits per heavy atom. The quantitative estimate of drug-likeness (QED) is 0.257. The van der Waals surface area contributed by atoms with E-state index in [0.717, 1.165) is 24.4 Å². The number of phosphoric acid groups is 2. The van der Waals surface area contributed by atoms with Crippen molar-refractivity contribution in [2.24, 2.45) is 0 Å². The van der Waals surface area contributed by atoms with E-state index >= 15 is 0 Å². The van der Waals surface area contributed by atoms with Crippen molar-refractivity contribution in [3.8, 4) is 0 Å². The number of hydrogen-bond acceptors (Lipinski definition) is 9. The van der Waals surface area contributed by atoms with E-state index < -0.39 is 76.1 Å².